The van der Waals surface area contributed by atoms with Crippen LogP contribution in [0.25, 0.3) is 0 Å². The van der Waals surface area contributed by atoms with Crippen molar-refractivity contribution in [3.63, 3.8) is 0 Å². The molecule has 0 heterocycles. The SMILES string of the molecule is NCC1CCCCC1COCc1cccc(Cl)c1Cl. The molecule has 0 amide bonds. The summed E-state index contributed by atoms with van der Waals surface area (Å²) < 4.78 is 5.83. The molecule has 1 aromatic carbocycles. The molecule has 0 radical (unpaired) electrons. The van der Waals surface area contributed by atoms with Gasteiger partial charge in [-0.1, -0.05) is 48.2 Å². The summed E-state index contributed by atoms with van der Waals surface area (Å²) in [6, 6.07) is 5.64. The van der Waals surface area contributed by atoms with Crippen LogP contribution < -0.4 is 5.73 Å². The molecule has 2 N–H and O–H groups in total. The van der Waals surface area contributed by atoms with Crippen LogP contribution in [0.15, 0.2) is 18.2 Å². The second-order valence-corrected chi connectivity index (χ2v) is 6.05. The Bertz CT molecular complexity index is 411. The molecule has 19 heavy (non-hydrogen) atoms. The molecule has 1 fully saturated rings. The van der Waals surface area contributed by atoms with E-state index in [0.29, 0.717) is 28.5 Å². The number of ether oxygens (including phenoxy) is 1. The van der Waals surface area contributed by atoms with Gasteiger partial charge in [0.05, 0.1) is 23.3 Å². The van der Waals surface area contributed by atoms with Gasteiger partial charge in [-0.2, -0.15) is 0 Å². The predicted molar refractivity (Wildman–Crippen MR) is 80.6 cm³/mol. The van der Waals surface area contributed by atoms with E-state index in [1.165, 1.54) is 25.7 Å². The summed E-state index contributed by atoms with van der Waals surface area (Å²) in [7, 11) is 0. The maximum atomic E-state index is 6.14. The molecular formula is C15H21Cl2NO. The van der Waals surface area contributed by atoms with E-state index in [-0.39, 0.29) is 0 Å². The van der Waals surface area contributed by atoms with E-state index in [0.717, 1.165) is 18.7 Å². The van der Waals surface area contributed by atoms with E-state index in [9.17, 15) is 0 Å². The summed E-state index contributed by atoms with van der Waals surface area (Å²) in [5, 5.41) is 1.18. The van der Waals surface area contributed by atoms with Crippen molar-refractivity contribution in [1.29, 1.82) is 0 Å². The first kappa shape index (κ1) is 15.1. The Balaban J connectivity index is 1.84. The van der Waals surface area contributed by atoms with Crippen molar-refractivity contribution in [3.05, 3.63) is 33.8 Å². The first-order chi connectivity index (χ1) is 9.22. The largest absolute Gasteiger partial charge is 0.376 e. The van der Waals surface area contributed by atoms with Gasteiger partial charge in [0.15, 0.2) is 0 Å². The van der Waals surface area contributed by atoms with Gasteiger partial charge in [0.2, 0.25) is 0 Å². The van der Waals surface area contributed by atoms with E-state index in [1.807, 2.05) is 12.1 Å². The maximum Gasteiger partial charge on any atom is 0.0732 e. The number of halogens is 2. The van der Waals surface area contributed by atoms with Crippen molar-refractivity contribution in [2.45, 2.75) is 32.3 Å². The predicted octanol–water partition coefficient (Wildman–Crippen LogP) is 4.28. The minimum Gasteiger partial charge on any atom is -0.376 e. The first-order valence-electron chi connectivity index (χ1n) is 6.93. The van der Waals surface area contributed by atoms with E-state index < -0.39 is 0 Å². The highest BCUT2D eigenvalue weighted by molar-refractivity contribution is 6.42. The zero-order valence-corrected chi connectivity index (χ0v) is 12.6. The monoisotopic (exact) mass is 301 g/mol. The summed E-state index contributed by atoms with van der Waals surface area (Å²) in [6.07, 6.45) is 5.06. The lowest BCUT2D eigenvalue weighted by atomic mass is 9.80. The van der Waals surface area contributed by atoms with Gasteiger partial charge in [-0.05, 0) is 42.9 Å². The lowest BCUT2D eigenvalue weighted by molar-refractivity contribution is 0.0513. The average molecular weight is 302 g/mol. The van der Waals surface area contributed by atoms with Gasteiger partial charge in [0.1, 0.15) is 0 Å². The molecule has 0 bridgehead atoms. The summed E-state index contributed by atoms with van der Waals surface area (Å²) in [4.78, 5) is 0. The molecule has 0 saturated heterocycles. The molecule has 0 aromatic heterocycles. The zero-order chi connectivity index (χ0) is 13.7. The van der Waals surface area contributed by atoms with Crippen LogP contribution in [0, 0.1) is 11.8 Å². The van der Waals surface area contributed by atoms with Crippen LogP contribution in [0.5, 0.6) is 0 Å². The standard InChI is InChI=1S/C15H21Cl2NO/c16-14-7-3-6-13(15(14)17)10-19-9-12-5-2-1-4-11(12)8-18/h3,6-7,11-12H,1-2,4-5,8-10,18H2. The third-order valence-electron chi connectivity index (χ3n) is 3.99. The van der Waals surface area contributed by atoms with Crippen LogP contribution in [0.3, 0.4) is 0 Å². The highest BCUT2D eigenvalue weighted by Gasteiger charge is 2.23. The quantitative estimate of drug-likeness (QED) is 0.881. The smallest absolute Gasteiger partial charge is 0.0732 e. The number of benzene rings is 1. The highest BCUT2D eigenvalue weighted by atomic mass is 35.5. The Labute approximate surface area is 125 Å². The molecule has 1 aliphatic carbocycles. The first-order valence-corrected chi connectivity index (χ1v) is 7.68. The van der Waals surface area contributed by atoms with Crippen molar-refractivity contribution < 1.29 is 4.74 Å². The van der Waals surface area contributed by atoms with E-state index in [1.54, 1.807) is 6.07 Å². The molecule has 1 saturated carbocycles. The Hall–Kier alpha value is -0.280. The second-order valence-electron chi connectivity index (χ2n) is 5.27. The van der Waals surface area contributed by atoms with E-state index in [2.05, 4.69) is 0 Å². The molecule has 2 rings (SSSR count). The summed E-state index contributed by atoms with van der Waals surface area (Å²) >= 11 is 12.1. The van der Waals surface area contributed by atoms with Gasteiger partial charge in [0, 0.05) is 0 Å². The molecule has 2 atom stereocenters. The van der Waals surface area contributed by atoms with Crippen LogP contribution in [-0.2, 0) is 11.3 Å². The van der Waals surface area contributed by atoms with Crippen molar-refractivity contribution in [3.8, 4) is 0 Å². The molecule has 1 aliphatic rings. The Morgan fingerprint density at radius 2 is 1.89 bits per heavy atom. The minimum absolute atomic E-state index is 0.521. The number of hydrogen-bond acceptors (Lipinski definition) is 2. The molecule has 1 aromatic rings. The molecular weight excluding hydrogens is 281 g/mol. The molecule has 2 nitrogen and oxygen atoms in total. The van der Waals surface area contributed by atoms with Crippen molar-refractivity contribution in [1.82, 2.24) is 0 Å². The van der Waals surface area contributed by atoms with Gasteiger partial charge in [-0.25, -0.2) is 0 Å². The van der Waals surface area contributed by atoms with Gasteiger partial charge in [-0.3, -0.25) is 0 Å². The Kier molecular flexibility index (Phi) is 5.96. The second kappa shape index (κ2) is 7.49. The fraction of sp³-hybridized carbons (Fsp3) is 0.600. The van der Waals surface area contributed by atoms with Crippen molar-refractivity contribution in [2.24, 2.45) is 17.6 Å². The van der Waals surface area contributed by atoms with E-state index >= 15 is 0 Å². The van der Waals surface area contributed by atoms with Crippen LogP contribution in [0.1, 0.15) is 31.2 Å². The summed E-state index contributed by atoms with van der Waals surface area (Å²) in [5.74, 6) is 1.21. The number of rotatable bonds is 5. The van der Waals surface area contributed by atoms with Crippen molar-refractivity contribution in [2.75, 3.05) is 13.2 Å². The fourth-order valence-electron chi connectivity index (χ4n) is 2.79. The molecule has 0 spiro atoms. The maximum absolute atomic E-state index is 6.14. The van der Waals surface area contributed by atoms with Crippen LogP contribution in [-0.4, -0.2) is 13.2 Å². The summed E-state index contributed by atoms with van der Waals surface area (Å²) in [6.45, 7) is 2.06. The minimum atomic E-state index is 0.521. The van der Waals surface area contributed by atoms with Gasteiger partial charge >= 0.3 is 0 Å². The van der Waals surface area contributed by atoms with Gasteiger partial charge in [-0.15, -0.1) is 0 Å². The third kappa shape index (κ3) is 4.09. The highest BCUT2D eigenvalue weighted by Crippen LogP contribution is 2.30. The van der Waals surface area contributed by atoms with Gasteiger partial charge in [0.25, 0.3) is 0 Å². The van der Waals surface area contributed by atoms with Crippen LogP contribution in [0.2, 0.25) is 10.0 Å². The topological polar surface area (TPSA) is 35.2 Å². The Morgan fingerprint density at radius 1 is 1.16 bits per heavy atom. The normalized spacial score (nSPS) is 23.5. The van der Waals surface area contributed by atoms with E-state index in [4.69, 9.17) is 33.7 Å². The fourth-order valence-corrected chi connectivity index (χ4v) is 3.17. The van der Waals surface area contributed by atoms with Crippen LogP contribution in [0.4, 0.5) is 0 Å². The van der Waals surface area contributed by atoms with Crippen LogP contribution >= 0.6 is 23.2 Å². The zero-order valence-electron chi connectivity index (χ0n) is 11.1. The summed E-state index contributed by atoms with van der Waals surface area (Å²) in [5.41, 5.74) is 6.78. The molecule has 4 heteroatoms. The van der Waals surface area contributed by atoms with Crippen molar-refractivity contribution >= 4 is 23.2 Å². The third-order valence-corrected chi connectivity index (χ3v) is 4.85. The molecule has 0 aliphatic heterocycles. The average Bonchev–Trinajstić information content (AvgIpc) is 2.44. The lowest BCUT2D eigenvalue weighted by Crippen LogP contribution is -2.29. The molecule has 106 valence electrons. The number of hydrogen-bond donors (Lipinski definition) is 1. The lowest BCUT2D eigenvalue weighted by Gasteiger charge is -2.30. The number of nitrogens with two attached hydrogens (primary N) is 1. The Morgan fingerprint density at radius 3 is 2.63 bits per heavy atom. The molecule has 2 unspecified atom stereocenters. The van der Waals surface area contributed by atoms with Gasteiger partial charge < -0.3 is 10.5 Å².